The molecular formula is C23H24N4O2. The lowest BCUT2D eigenvalue weighted by atomic mass is 10.0. The summed E-state index contributed by atoms with van der Waals surface area (Å²) in [6.45, 7) is 2.44. The summed E-state index contributed by atoms with van der Waals surface area (Å²) in [5.41, 5.74) is 4.81. The molecule has 6 nitrogen and oxygen atoms in total. The minimum Gasteiger partial charge on any atom is -0.479 e. The van der Waals surface area contributed by atoms with Crippen molar-refractivity contribution in [2.75, 3.05) is 31.6 Å². The van der Waals surface area contributed by atoms with Gasteiger partial charge in [0.05, 0.1) is 7.11 Å². The number of hydrogen-bond donors (Lipinski definition) is 1. The van der Waals surface area contributed by atoms with E-state index in [1.165, 1.54) is 11.3 Å². The molecule has 0 bridgehead atoms. The fraction of sp³-hybridized carbons (Fsp3) is 0.261. The highest BCUT2D eigenvalue weighted by atomic mass is 16.5. The number of rotatable bonds is 6. The number of methoxy groups -OCH3 is 1. The van der Waals surface area contributed by atoms with E-state index in [0.29, 0.717) is 23.7 Å². The first-order valence-corrected chi connectivity index (χ1v) is 9.83. The molecule has 0 radical (unpaired) electrons. The van der Waals surface area contributed by atoms with Crippen molar-refractivity contribution in [3.05, 3.63) is 72.1 Å². The zero-order valence-electron chi connectivity index (χ0n) is 16.5. The molecule has 1 aliphatic heterocycles. The van der Waals surface area contributed by atoms with Gasteiger partial charge in [-0.2, -0.15) is 0 Å². The van der Waals surface area contributed by atoms with Gasteiger partial charge in [0.1, 0.15) is 5.69 Å². The maximum atomic E-state index is 12.5. The molecule has 2 heterocycles. The van der Waals surface area contributed by atoms with Crippen molar-refractivity contribution in [1.82, 2.24) is 15.3 Å². The van der Waals surface area contributed by atoms with Crippen LogP contribution >= 0.6 is 0 Å². The van der Waals surface area contributed by atoms with Crippen molar-refractivity contribution in [2.45, 2.75) is 12.8 Å². The molecule has 3 aromatic rings. The van der Waals surface area contributed by atoms with Crippen molar-refractivity contribution < 1.29 is 9.53 Å². The van der Waals surface area contributed by atoms with E-state index >= 15 is 0 Å². The summed E-state index contributed by atoms with van der Waals surface area (Å²) < 4.78 is 5.26. The van der Waals surface area contributed by atoms with Crippen LogP contribution in [0.1, 0.15) is 22.3 Å². The van der Waals surface area contributed by atoms with Gasteiger partial charge in [-0.15, -0.1) is 0 Å². The lowest BCUT2D eigenvalue weighted by Gasteiger charge is -2.31. The first-order chi connectivity index (χ1) is 14.3. The molecule has 0 fully saturated rings. The summed E-state index contributed by atoms with van der Waals surface area (Å²) >= 11 is 0. The van der Waals surface area contributed by atoms with Crippen LogP contribution in [0.4, 0.5) is 5.69 Å². The second-order valence-electron chi connectivity index (χ2n) is 6.97. The third kappa shape index (κ3) is 4.21. The number of hydrogen-bond acceptors (Lipinski definition) is 5. The Bertz CT molecular complexity index is 988. The minimum atomic E-state index is -0.0760. The number of carbonyl (C=O) groups is 1. The number of benzene rings is 2. The average molecular weight is 388 g/mol. The number of ether oxygens (including phenoxy) is 1. The molecule has 4 rings (SSSR count). The van der Waals surface area contributed by atoms with Crippen LogP contribution in [-0.2, 0) is 6.42 Å². The van der Waals surface area contributed by atoms with E-state index in [4.69, 9.17) is 4.74 Å². The lowest BCUT2D eigenvalue weighted by molar-refractivity contribution is 0.0954. The normalized spacial score (nSPS) is 12.9. The average Bonchev–Trinajstić information content (AvgIpc) is 2.79. The number of nitrogens with zero attached hydrogens (tertiary/aromatic N) is 3. The van der Waals surface area contributed by atoms with Crippen LogP contribution < -0.4 is 15.0 Å². The van der Waals surface area contributed by atoms with Gasteiger partial charge in [-0.05, 0) is 36.6 Å². The van der Waals surface area contributed by atoms with Crippen molar-refractivity contribution >= 4 is 11.6 Å². The van der Waals surface area contributed by atoms with Gasteiger partial charge in [0.25, 0.3) is 5.91 Å². The number of nitrogens with one attached hydrogen (secondary N) is 1. The summed E-state index contributed by atoms with van der Waals surface area (Å²) in [7, 11) is 1.57. The Kier molecular flexibility index (Phi) is 5.70. The molecule has 0 spiro atoms. The van der Waals surface area contributed by atoms with Crippen LogP contribution in [0.25, 0.3) is 11.3 Å². The quantitative estimate of drug-likeness (QED) is 0.702. The molecule has 0 atom stereocenters. The van der Waals surface area contributed by atoms with E-state index < -0.39 is 0 Å². The van der Waals surface area contributed by atoms with E-state index in [0.717, 1.165) is 31.5 Å². The number of carbonyl (C=O) groups excluding carboxylic acids is 1. The third-order valence-corrected chi connectivity index (χ3v) is 5.15. The standard InChI is InChI=1S/C23H24N4O2/c1-29-23-21(24-12-13-26-23)18-8-10-19(11-9-18)22(28)25-14-16-27-15-4-6-17-5-2-3-7-20(17)27/h2-3,5,7-13H,4,6,14-16H2,1H3,(H,25,28). The molecule has 1 amide bonds. The van der Waals surface area contributed by atoms with Crippen LogP contribution in [0, 0.1) is 0 Å². The highest BCUT2D eigenvalue weighted by Crippen LogP contribution is 2.26. The molecule has 0 aliphatic carbocycles. The van der Waals surface area contributed by atoms with E-state index in [1.807, 2.05) is 12.1 Å². The molecule has 1 N–H and O–H groups in total. The van der Waals surface area contributed by atoms with Gasteiger partial charge in [0, 0.05) is 48.8 Å². The highest BCUT2D eigenvalue weighted by molar-refractivity contribution is 5.94. The van der Waals surface area contributed by atoms with E-state index in [9.17, 15) is 4.79 Å². The predicted octanol–water partition coefficient (Wildman–Crippen LogP) is 3.33. The Morgan fingerprint density at radius 3 is 2.72 bits per heavy atom. The maximum Gasteiger partial charge on any atom is 0.251 e. The first-order valence-electron chi connectivity index (χ1n) is 9.83. The zero-order chi connectivity index (χ0) is 20.1. The fourth-order valence-corrected chi connectivity index (χ4v) is 3.70. The Morgan fingerprint density at radius 1 is 1.10 bits per heavy atom. The lowest BCUT2D eigenvalue weighted by Crippen LogP contribution is -2.37. The molecule has 29 heavy (non-hydrogen) atoms. The Morgan fingerprint density at radius 2 is 1.90 bits per heavy atom. The van der Waals surface area contributed by atoms with Gasteiger partial charge in [-0.25, -0.2) is 9.97 Å². The third-order valence-electron chi connectivity index (χ3n) is 5.15. The SMILES string of the molecule is COc1nccnc1-c1ccc(C(=O)NCCN2CCCc3ccccc32)cc1. The summed E-state index contributed by atoms with van der Waals surface area (Å²) in [4.78, 5) is 23.4. The Balaban J connectivity index is 1.36. The zero-order valence-corrected chi connectivity index (χ0v) is 16.5. The van der Waals surface area contributed by atoms with E-state index in [2.05, 4.69) is 44.5 Å². The van der Waals surface area contributed by atoms with Gasteiger partial charge in [0.2, 0.25) is 5.88 Å². The van der Waals surface area contributed by atoms with Crippen molar-refractivity contribution in [2.24, 2.45) is 0 Å². The largest absolute Gasteiger partial charge is 0.479 e. The minimum absolute atomic E-state index is 0.0760. The number of fused-ring (bicyclic) bond motifs is 1. The topological polar surface area (TPSA) is 67.3 Å². The van der Waals surface area contributed by atoms with Gasteiger partial charge in [0.15, 0.2) is 0 Å². The number of para-hydroxylation sites is 1. The van der Waals surface area contributed by atoms with E-state index in [-0.39, 0.29) is 5.91 Å². The van der Waals surface area contributed by atoms with Gasteiger partial charge >= 0.3 is 0 Å². The molecule has 6 heteroatoms. The molecule has 148 valence electrons. The maximum absolute atomic E-state index is 12.5. The summed E-state index contributed by atoms with van der Waals surface area (Å²) in [5, 5.41) is 3.03. The fourth-order valence-electron chi connectivity index (χ4n) is 3.70. The summed E-state index contributed by atoms with van der Waals surface area (Å²) in [6.07, 6.45) is 5.49. The highest BCUT2D eigenvalue weighted by Gasteiger charge is 2.16. The van der Waals surface area contributed by atoms with Crippen LogP contribution in [0.3, 0.4) is 0 Å². The molecule has 2 aromatic carbocycles. The molecule has 1 aliphatic rings. The van der Waals surface area contributed by atoms with Crippen LogP contribution in [-0.4, -0.2) is 42.6 Å². The number of aryl methyl sites for hydroxylation is 1. The molecule has 0 unspecified atom stereocenters. The smallest absolute Gasteiger partial charge is 0.251 e. The van der Waals surface area contributed by atoms with Gasteiger partial charge < -0.3 is 15.0 Å². The summed E-state index contributed by atoms with van der Waals surface area (Å²) in [5.74, 6) is 0.388. The van der Waals surface area contributed by atoms with Gasteiger partial charge in [-0.1, -0.05) is 30.3 Å². The number of aromatic nitrogens is 2. The van der Waals surface area contributed by atoms with Crippen molar-refractivity contribution in [3.63, 3.8) is 0 Å². The monoisotopic (exact) mass is 388 g/mol. The van der Waals surface area contributed by atoms with Crippen LogP contribution in [0.15, 0.2) is 60.9 Å². The van der Waals surface area contributed by atoms with E-state index in [1.54, 1.807) is 31.6 Å². The van der Waals surface area contributed by atoms with Crippen LogP contribution in [0.5, 0.6) is 5.88 Å². The number of amides is 1. The molecule has 0 saturated heterocycles. The Labute approximate surface area is 170 Å². The first kappa shape index (κ1) is 18.9. The van der Waals surface area contributed by atoms with Gasteiger partial charge in [-0.3, -0.25) is 4.79 Å². The van der Waals surface area contributed by atoms with Crippen LogP contribution in [0.2, 0.25) is 0 Å². The second kappa shape index (κ2) is 8.73. The number of anilines is 1. The second-order valence-corrected chi connectivity index (χ2v) is 6.97. The Hall–Kier alpha value is -3.41. The van der Waals surface area contributed by atoms with Crippen molar-refractivity contribution in [3.8, 4) is 17.1 Å². The molecule has 0 saturated carbocycles. The van der Waals surface area contributed by atoms with Crippen molar-refractivity contribution in [1.29, 1.82) is 0 Å². The molecule has 1 aromatic heterocycles. The summed E-state index contributed by atoms with van der Waals surface area (Å²) in [6, 6.07) is 15.8. The predicted molar refractivity (Wildman–Crippen MR) is 113 cm³/mol. The molecular weight excluding hydrogens is 364 g/mol.